The lowest BCUT2D eigenvalue weighted by atomic mass is 9.93. The van der Waals surface area contributed by atoms with Gasteiger partial charge in [-0.3, -0.25) is 0 Å². The van der Waals surface area contributed by atoms with Crippen LogP contribution in [0.3, 0.4) is 0 Å². The molecule has 0 atom stereocenters. The maximum absolute atomic E-state index is 5.35. The third-order valence-corrected chi connectivity index (χ3v) is 11.2. The highest BCUT2D eigenvalue weighted by Gasteiger charge is 2.23. The average molecular weight is 694 g/mol. The molecule has 10 aromatic rings. The second-order valence-corrected chi connectivity index (χ2v) is 14.2. The van der Waals surface area contributed by atoms with E-state index >= 15 is 0 Å². The smallest absolute Gasteiger partial charge is 0.160 e. The number of aromatic nitrogens is 3. The van der Waals surface area contributed by atoms with E-state index in [0.717, 1.165) is 50.4 Å². The maximum atomic E-state index is 5.35. The van der Waals surface area contributed by atoms with Crippen LogP contribution in [0.15, 0.2) is 188 Å². The Morgan fingerprint density at radius 2 is 0.925 bits per heavy atom. The lowest BCUT2D eigenvalue weighted by molar-refractivity contribution is 1.18. The van der Waals surface area contributed by atoms with Gasteiger partial charge in [0.2, 0.25) is 0 Å². The van der Waals surface area contributed by atoms with E-state index in [4.69, 9.17) is 15.0 Å². The molecule has 0 aliphatic rings. The van der Waals surface area contributed by atoms with Crippen molar-refractivity contribution in [1.29, 1.82) is 0 Å². The van der Waals surface area contributed by atoms with Crippen LogP contribution in [0.4, 0.5) is 0 Å². The molecule has 3 nitrogen and oxygen atoms in total. The fourth-order valence-corrected chi connectivity index (χ4v) is 8.63. The van der Waals surface area contributed by atoms with Crippen molar-refractivity contribution in [2.75, 3.05) is 0 Å². The van der Waals surface area contributed by atoms with Gasteiger partial charge in [-0.15, -0.1) is 11.3 Å². The molecule has 0 saturated carbocycles. The molecule has 0 bridgehead atoms. The van der Waals surface area contributed by atoms with Gasteiger partial charge in [-0.05, 0) is 40.1 Å². The number of para-hydroxylation sites is 1. The minimum atomic E-state index is 0.707. The summed E-state index contributed by atoms with van der Waals surface area (Å²) in [5, 5.41) is 4.80. The van der Waals surface area contributed by atoms with Crippen LogP contribution in [0.5, 0.6) is 0 Å². The second kappa shape index (κ2) is 13.1. The second-order valence-electron chi connectivity index (χ2n) is 13.2. The monoisotopic (exact) mass is 693 g/mol. The molecule has 0 fully saturated rings. The number of hydrogen-bond donors (Lipinski definition) is 0. The summed E-state index contributed by atoms with van der Waals surface area (Å²) in [6.07, 6.45) is 0. The lowest BCUT2D eigenvalue weighted by Gasteiger charge is -2.12. The van der Waals surface area contributed by atoms with E-state index in [1.54, 1.807) is 0 Å². The average Bonchev–Trinajstić information content (AvgIpc) is 3.65. The fraction of sp³-hybridized carbons (Fsp3) is 0. The first-order valence-corrected chi connectivity index (χ1v) is 18.6. The molecule has 0 amide bonds. The highest BCUT2D eigenvalue weighted by atomic mass is 32.1. The normalized spacial score (nSPS) is 11.4. The van der Waals surface area contributed by atoms with Crippen molar-refractivity contribution >= 4 is 43.1 Å². The van der Waals surface area contributed by atoms with Crippen molar-refractivity contribution in [1.82, 2.24) is 15.0 Å². The summed E-state index contributed by atoms with van der Waals surface area (Å²) in [5.41, 5.74) is 11.5. The topological polar surface area (TPSA) is 38.7 Å². The lowest BCUT2D eigenvalue weighted by Crippen LogP contribution is -1.96. The largest absolute Gasteiger partial charge is 0.247 e. The van der Waals surface area contributed by atoms with E-state index in [-0.39, 0.29) is 0 Å². The van der Waals surface area contributed by atoms with E-state index in [0.29, 0.717) is 5.82 Å². The van der Waals surface area contributed by atoms with Crippen molar-refractivity contribution in [3.8, 4) is 66.7 Å². The van der Waals surface area contributed by atoms with Crippen molar-refractivity contribution in [2.24, 2.45) is 0 Å². The molecule has 0 N–H and O–H groups in total. The third-order valence-electron chi connectivity index (χ3n) is 9.88. The number of nitrogens with zero attached hydrogens (tertiary/aromatic N) is 3. The van der Waals surface area contributed by atoms with Crippen molar-refractivity contribution in [3.63, 3.8) is 0 Å². The van der Waals surface area contributed by atoms with Gasteiger partial charge >= 0.3 is 0 Å². The minimum Gasteiger partial charge on any atom is -0.247 e. The molecule has 7 aromatic carbocycles. The van der Waals surface area contributed by atoms with Crippen LogP contribution in [0, 0.1) is 0 Å². The first-order valence-electron chi connectivity index (χ1n) is 17.8. The van der Waals surface area contributed by atoms with E-state index in [9.17, 15) is 0 Å². The predicted octanol–water partition coefficient (Wildman–Crippen LogP) is 13.4. The van der Waals surface area contributed by atoms with Crippen molar-refractivity contribution in [2.45, 2.75) is 0 Å². The van der Waals surface area contributed by atoms with Crippen LogP contribution in [-0.4, -0.2) is 15.0 Å². The Kier molecular flexibility index (Phi) is 7.67. The zero-order valence-electron chi connectivity index (χ0n) is 28.6. The van der Waals surface area contributed by atoms with Gasteiger partial charge in [0, 0.05) is 48.2 Å². The molecule has 0 aliphatic heterocycles. The molecule has 3 heterocycles. The van der Waals surface area contributed by atoms with E-state index in [1.165, 1.54) is 42.2 Å². The summed E-state index contributed by atoms with van der Waals surface area (Å²) >= 11 is 1.86. The maximum Gasteiger partial charge on any atom is 0.160 e. The molecule has 0 unspecified atom stereocenters. The highest BCUT2D eigenvalue weighted by Crippen LogP contribution is 2.50. The van der Waals surface area contributed by atoms with Crippen LogP contribution in [-0.2, 0) is 0 Å². The summed E-state index contributed by atoms with van der Waals surface area (Å²) in [5.74, 6) is 0.707. The minimum absolute atomic E-state index is 0.707. The number of benzene rings is 7. The van der Waals surface area contributed by atoms with Gasteiger partial charge in [0.15, 0.2) is 5.82 Å². The Bertz CT molecular complexity index is 2860. The van der Waals surface area contributed by atoms with Crippen LogP contribution in [0.1, 0.15) is 0 Å². The molecule has 0 spiro atoms. The third kappa shape index (κ3) is 5.66. The molecule has 3 aromatic heterocycles. The van der Waals surface area contributed by atoms with Crippen LogP contribution in [0.2, 0.25) is 0 Å². The Hall–Kier alpha value is -6.75. The number of fused-ring (bicyclic) bond motifs is 4. The number of thiophene rings is 1. The quantitative estimate of drug-likeness (QED) is 0.174. The van der Waals surface area contributed by atoms with E-state index in [2.05, 4.69) is 152 Å². The molecule has 10 rings (SSSR count). The van der Waals surface area contributed by atoms with E-state index in [1.807, 2.05) is 47.7 Å². The van der Waals surface area contributed by atoms with Gasteiger partial charge in [-0.1, -0.05) is 170 Å². The molecule has 0 aliphatic carbocycles. The zero-order valence-corrected chi connectivity index (χ0v) is 29.5. The SMILES string of the molecule is c1ccc(-c2cc(-c3ccc(-c4c(-c5ccc6ccccc6c5)sc5c4c(-c4ccccc4)nc4ccccc45)cc3)nc(-c3ccccc3)n2)cc1. The Labute approximate surface area is 311 Å². The molecular formula is C49H31N3S. The summed E-state index contributed by atoms with van der Waals surface area (Å²) in [6.45, 7) is 0. The number of hydrogen-bond acceptors (Lipinski definition) is 4. The van der Waals surface area contributed by atoms with Crippen LogP contribution >= 0.6 is 11.3 Å². The van der Waals surface area contributed by atoms with E-state index < -0.39 is 0 Å². The Morgan fingerprint density at radius 3 is 1.64 bits per heavy atom. The number of pyridine rings is 1. The van der Waals surface area contributed by atoms with Gasteiger partial charge in [0.25, 0.3) is 0 Å². The molecule has 0 saturated heterocycles. The molecular weight excluding hydrogens is 663 g/mol. The first-order chi connectivity index (χ1) is 26.3. The van der Waals surface area contributed by atoms with Gasteiger partial charge in [-0.25, -0.2) is 15.0 Å². The van der Waals surface area contributed by atoms with Gasteiger partial charge in [-0.2, -0.15) is 0 Å². The fourth-order valence-electron chi connectivity index (χ4n) is 7.28. The van der Waals surface area contributed by atoms with Crippen LogP contribution in [0.25, 0.3) is 98.5 Å². The standard InChI is InChI=1S/C49H31N3S/c1-4-15-33(16-5-1)42-31-43(52-49(51-42)37-19-8-3-9-20-37)34-25-27-35(28-26-34)44-45-46(36-17-6-2-7-18-36)50-41-23-13-12-22-40(41)48(45)53-47(44)39-29-24-32-14-10-11-21-38(32)30-39/h1-31H. The molecule has 248 valence electrons. The van der Waals surface area contributed by atoms with Gasteiger partial charge < -0.3 is 0 Å². The Balaban J connectivity index is 1.20. The number of rotatable bonds is 6. The summed E-state index contributed by atoms with van der Waals surface area (Å²) in [6, 6.07) is 66.1. The first kappa shape index (κ1) is 31.0. The molecule has 53 heavy (non-hydrogen) atoms. The van der Waals surface area contributed by atoms with Crippen molar-refractivity contribution < 1.29 is 0 Å². The summed E-state index contributed by atoms with van der Waals surface area (Å²) in [7, 11) is 0. The summed E-state index contributed by atoms with van der Waals surface area (Å²) < 4.78 is 1.24. The predicted molar refractivity (Wildman–Crippen MR) is 223 cm³/mol. The zero-order chi connectivity index (χ0) is 35.1. The van der Waals surface area contributed by atoms with Gasteiger partial charge in [0.05, 0.1) is 22.6 Å². The van der Waals surface area contributed by atoms with Crippen molar-refractivity contribution in [3.05, 3.63) is 188 Å². The van der Waals surface area contributed by atoms with Crippen LogP contribution < -0.4 is 0 Å². The molecule has 0 radical (unpaired) electrons. The highest BCUT2D eigenvalue weighted by molar-refractivity contribution is 7.24. The van der Waals surface area contributed by atoms with Gasteiger partial charge in [0.1, 0.15) is 0 Å². The summed E-state index contributed by atoms with van der Waals surface area (Å²) in [4.78, 5) is 16.7. The molecule has 4 heteroatoms. The Morgan fingerprint density at radius 1 is 0.377 bits per heavy atom.